The maximum absolute atomic E-state index is 12.5. The topological polar surface area (TPSA) is 59.5 Å². The lowest BCUT2D eigenvalue weighted by Crippen LogP contribution is -2.40. The van der Waals surface area contributed by atoms with Gasteiger partial charge in [0.25, 0.3) is 5.91 Å². The Morgan fingerprint density at radius 1 is 1.38 bits per heavy atom. The van der Waals surface area contributed by atoms with Gasteiger partial charge >= 0.3 is 12.1 Å². The van der Waals surface area contributed by atoms with Crippen LogP contribution in [0, 0.1) is 0 Å². The molecule has 0 aliphatic rings. The van der Waals surface area contributed by atoms with Crippen LogP contribution in [-0.4, -0.2) is 48.1 Å². The van der Waals surface area contributed by atoms with Crippen LogP contribution in [0.15, 0.2) is 22.9 Å². The van der Waals surface area contributed by atoms with Crippen LogP contribution >= 0.6 is 15.9 Å². The molecule has 5 nitrogen and oxygen atoms in total. The second kappa shape index (κ2) is 7.39. The lowest BCUT2D eigenvalue weighted by atomic mass is 10.2. The first-order valence-corrected chi connectivity index (χ1v) is 6.56. The van der Waals surface area contributed by atoms with Crippen LogP contribution < -0.4 is 0 Å². The van der Waals surface area contributed by atoms with E-state index in [9.17, 15) is 22.8 Å². The molecule has 0 N–H and O–H groups in total. The van der Waals surface area contributed by atoms with Crippen molar-refractivity contribution in [1.29, 1.82) is 0 Å². The molecule has 0 bridgehead atoms. The van der Waals surface area contributed by atoms with E-state index >= 15 is 0 Å². The molecule has 0 radical (unpaired) electrons. The predicted octanol–water partition coefficient (Wildman–Crippen LogP) is 2.41. The number of alkyl halides is 3. The summed E-state index contributed by atoms with van der Waals surface area (Å²) in [7, 11) is 1.12. The third kappa shape index (κ3) is 6.11. The van der Waals surface area contributed by atoms with E-state index in [2.05, 4.69) is 25.7 Å². The summed E-state index contributed by atoms with van der Waals surface area (Å²) in [5.41, 5.74) is 0.00677. The Bertz CT molecular complexity index is 505. The highest BCUT2D eigenvalue weighted by Gasteiger charge is 2.33. The van der Waals surface area contributed by atoms with Gasteiger partial charge in [0, 0.05) is 12.7 Å². The molecule has 0 saturated heterocycles. The van der Waals surface area contributed by atoms with Gasteiger partial charge < -0.3 is 9.64 Å². The first kappa shape index (κ1) is 17.4. The van der Waals surface area contributed by atoms with Crippen molar-refractivity contribution in [3.63, 3.8) is 0 Å². The summed E-state index contributed by atoms with van der Waals surface area (Å²) in [5.74, 6) is -1.54. The summed E-state index contributed by atoms with van der Waals surface area (Å²) in [6.07, 6.45) is -3.72. The number of rotatable bonds is 5. The maximum atomic E-state index is 12.5. The van der Waals surface area contributed by atoms with Gasteiger partial charge in [-0.25, -0.2) is 4.98 Å². The second-order valence-electron chi connectivity index (χ2n) is 4.04. The molecule has 0 fully saturated rings. The van der Waals surface area contributed by atoms with Crippen LogP contribution in [-0.2, 0) is 9.53 Å². The highest BCUT2D eigenvalue weighted by molar-refractivity contribution is 9.10. The van der Waals surface area contributed by atoms with Crippen LogP contribution in [0.4, 0.5) is 13.2 Å². The van der Waals surface area contributed by atoms with Gasteiger partial charge in [-0.1, -0.05) is 0 Å². The summed E-state index contributed by atoms with van der Waals surface area (Å²) >= 11 is 3.06. The summed E-state index contributed by atoms with van der Waals surface area (Å²) < 4.78 is 42.4. The zero-order chi connectivity index (χ0) is 16.0. The monoisotopic (exact) mass is 368 g/mol. The largest absolute Gasteiger partial charge is 0.469 e. The lowest BCUT2D eigenvalue weighted by Gasteiger charge is -2.23. The van der Waals surface area contributed by atoms with Crippen molar-refractivity contribution < 1.29 is 27.5 Å². The van der Waals surface area contributed by atoms with E-state index in [4.69, 9.17) is 0 Å². The molecule has 1 aromatic heterocycles. The Labute approximate surface area is 127 Å². The van der Waals surface area contributed by atoms with Crippen molar-refractivity contribution in [2.24, 2.45) is 0 Å². The first-order valence-electron chi connectivity index (χ1n) is 5.77. The molecule has 1 rings (SSSR count). The molecule has 116 valence electrons. The van der Waals surface area contributed by atoms with E-state index in [-0.39, 0.29) is 18.5 Å². The van der Waals surface area contributed by atoms with Gasteiger partial charge in [0.05, 0.1) is 19.1 Å². The fraction of sp³-hybridized carbons (Fsp3) is 0.417. The van der Waals surface area contributed by atoms with Crippen LogP contribution in [0.1, 0.15) is 16.8 Å². The molecule has 0 unspecified atom stereocenters. The number of esters is 1. The molecule has 0 aromatic carbocycles. The summed E-state index contributed by atoms with van der Waals surface area (Å²) in [4.78, 5) is 27.4. The van der Waals surface area contributed by atoms with E-state index in [1.165, 1.54) is 12.1 Å². The Morgan fingerprint density at radius 3 is 2.52 bits per heavy atom. The molecule has 9 heteroatoms. The standard InChI is InChI=1S/C12H12BrF3N2O3/c1-21-10(19)4-5-18(7-12(14,15)16)11(20)8-2-3-9(13)17-6-8/h2-3,6H,4-5,7H2,1H3. The van der Waals surface area contributed by atoms with Crippen LogP contribution in [0.25, 0.3) is 0 Å². The van der Waals surface area contributed by atoms with Crippen LogP contribution in [0.5, 0.6) is 0 Å². The van der Waals surface area contributed by atoms with Gasteiger partial charge in [-0.2, -0.15) is 13.2 Å². The van der Waals surface area contributed by atoms with Crippen molar-refractivity contribution >= 4 is 27.8 Å². The molecule has 21 heavy (non-hydrogen) atoms. The highest BCUT2D eigenvalue weighted by atomic mass is 79.9. The number of hydrogen-bond acceptors (Lipinski definition) is 4. The third-order valence-corrected chi connectivity index (χ3v) is 2.91. The van der Waals surface area contributed by atoms with E-state index in [0.717, 1.165) is 13.3 Å². The normalized spacial score (nSPS) is 11.1. The number of aromatic nitrogens is 1. The van der Waals surface area contributed by atoms with Crippen LogP contribution in [0.3, 0.4) is 0 Å². The number of amides is 1. The first-order chi connectivity index (χ1) is 9.73. The smallest absolute Gasteiger partial charge is 0.406 e. The fourth-order valence-electron chi connectivity index (χ4n) is 1.48. The Morgan fingerprint density at radius 2 is 2.05 bits per heavy atom. The van der Waals surface area contributed by atoms with Gasteiger partial charge in [-0.05, 0) is 28.1 Å². The number of carbonyl (C=O) groups excluding carboxylic acids is 2. The molecule has 1 aromatic rings. The van der Waals surface area contributed by atoms with Crippen molar-refractivity contribution in [3.8, 4) is 0 Å². The average molecular weight is 369 g/mol. The molecule has 0 aliphatic carbocycles. The van der Waals surface area contributed by atoms with Gasteiger partial charge in [-0.15, -0.1) is 0 Å². The van der Waals surface area contributed by atoms with Crippen LogP contribution in [0.2, 0.25) is 0 Å². The second-order valence-corrected chi connectivity index (χ2v) is 4.85. The number of hydrogen-bond donors (Lipinski definition) is 0. The third-order valence-electron chi connectivity index (χ3n) is 2.45. The van der Waals surface area contributed by atoms with Gasteiger partial charge in [-0.3, -0.25) is 9.59 Å². The average Bonchev–Trinajstić information content (AvgIpc) is 2.42. The van der Waals surface area contributed by atoms with E-state index in [1.54, 1.807) is 0 Å². The zero-order valence-corrected chi connectivity index (χ0v) is 12.6. The number of nitrogens with zero attached hydrogens (tertiary/aromatic N) is 2. The van der Waals surface area contributed by atoms with Crippen molar-refractivity contribution in [3.05, 3.63) is 28.5 Å². The Hall–Kier alpha value is -1.64. The minimum atomic E-state index is -4.56. The number of ether oxygens (including phenoxy) is 1. The SMILES string of the molecule is COC(=O)CCN(CC(F)(F)F)C(=O)c1ccc(Br)nc1. The maximum Gasteiger partial charge on any atom is 0.406 e. The molecule has 1 heterocycles. The number of carbonyl (C=O) groups is 2. The summed E-state index contributed by atoms with van der Waals surface area (Å²) in [5, 5.41) is 0. The molecule has 0 saturated carbocycles. The summed E-state index contributed by atoms with van der Waals surface area (Å²) in [6.45, 7) is -1.83. The molecular weight excluding hydrogens is 357 g/mol. The number of methoxy groups -OCH3 is 1. The number of pyridine rings is 1. The minimum Gasteiger partial charge on any atom is -0.469 e. The van der Waals surface area contributed by atoms with Crippen molar-refractivity contribution in [2.75, 3.05) is 20.2 Å². The van der Waals surface area contributed by atoms with Gasteiger partial charge in [0.2, 0.25) is 0 Å². The molecular formula is C12H12BrF3N2O3. The quantitative estimate of drug-likeness (QED) is 0.591. The summed E-state index contributed by atoms with van der Waals surface area (Å²) in [6, 6.07) is 2.79. The minimum absolute atomic E-state index is 0.00677. The Kier molecular flexibility index (Phi) is 6.13. The number of halogens is 4. The van der Waals surface area contributed by atoms with Gasteiger partial charge in [0.1, 0.15) is 11.1 Å². The van der Waals surface area contributed by atoms with E-state index in [0.29, 0.717) is 9.50 Å². The molecule has 0 aliphatic heterocycles. The predicted molar refractivity (Wildman–Crippen MR) is 70.5 cm³/mol. The van der Waals surface area contributed by atoms with E-state index < -0.39 is 24.6 Å². The molecule has 1 amide bonds. The highest BCUT2D eigenvalue weighted by Crippen LogP contribution is 2.19. The Balaban J connectivity index is 2.86. The lowest BCUT2D eigenvalue weighted by molar-refractivity contribution is -0.147. The van der Waals surface area contributed by atoms with Crippen molar-refractivity contribution in [1.82, 2.24) is 9.88 Å². The van der Waals surface area contributed by atoms with E-state index in [1.807, 2.05) is 0 Å². The van der Waals surface area contributed by atoms with Gasteiger partial charge in [0.15, 0.2) is 0 Å². The zero-order valence-electron chi connectivity index (χ0n) is 11.0. The fourth-order valence-corrected chi connectivity index (χ4v) is 1.72. The van der Waals surface area contributed by atoms with Crippen molar-refractivity contribution in [2.45, 2.75) is 12.6 Å². The molecule has 0 spiro atoms. The molecule has 0 atom stereocenters.